The highest BCUT2D eigenvalue weighted by atomic mass is 16.3. The van der Waals surface area contributed by atoms with Gasteiger partial charge in [0.05, 0.1) is 18.7 Å². The second kappa shape index (κ2) is 6.69. The number of nitrogens with two attached hydrogens (primary N) is 1. The molecule has 1 aromatic rings. The third-order valence-electron chi connectivity index (χ3n) is 3.73. The number of anilines is 1. The molecule has 114 valence electrons. The summed E-state index contributed by atoms with van der Waals surface area (Å²) in [6.45, 7) is 2.81. The zero-order chi connectivity index (χ0) is 15.4. The molecule has 21 heavy (non-hydrogen) atoms. The number of hydrogen-bond acceptors (Lipinski definition) is 4. The van der Waals surface area contributed by atoms with E-state index in [1.54, 1.807) is 9.80 Å². The summed E-state index contributed by atoms with van der Waals surface area (Å²) in [7, 11) is 0. The molecule has 1 aliphatic rings. The maximum atomic E-state index is 12.5. The Kier molecular flexibility index (Phi) is 4.93. The van der Waals surface area contributed by atoms with E-state index in [2.05, 4.69) is 0 Å². The minimum Gasteiger partial charge on any atom is -0.392 e. The second-order valence-corrected chi connectivity index (χ2v) is 5.21. The van der Waals surface area contributed by atoms with Crippen LogP contribution in [0.3, 0.4) is 0 Å². The first-order valence-corrected chi connectivity index (χ1v) is 7.09. The Hall–Kier alpha value is -1.92. The SMILES string of the molecule is CCN(C(=O)CN1C[C@H](O)C[C@H]1C(N)=O)c1ccccc1. The molecule has 2 atom stereocenters. The Morgan fingerprint density at radius 2 is 2.05 bits per heavy atom. The van der Waals surface area contributed by atoms with Gasteiger partial charge in [-0.05, 0) is 25.5 Å². The third kappa shape index (κ3) is 3.59. The Morgan fingerprint density at radius 3 is 2.62 bits per heavy atom. The first-order valence-electron chi connectivity index (χ1n) is 7.09. The number of carbonyl (C=O) groups excluding carboxylic acids is 2. The number of benzene rings is 1. The van der Waals surface area contributed by atoms with Crippen LogP contribution in [0.25, 0.3) is 0 Å². The molecule has 0 saturated carbocycles. The molecule has 1 fully saturated rings. The van der Waals surface area contributed by atoms with Crippen LogP contribution >= 0.6 is 0 Å². The molecule has 2 rings (SSSR count). The summed E-state index contributed by atoms with van der Waals surface area (Å²) >= 11 is 0. The number of likely N-dealkylation sites (N-methyl/N-ethyl adjacent to an activating group) is 1. The van der Waals surface area contributed by atoms with E-state index in [0.29, 0.717) is 19.5 Å². The summed E-state index contributed by atoms with van der Waals surface area (Å²) < 4.78 is 0. The van der Waals surface area contributed by atoms with Gasteiger partial charge >= 0.3 is 0 Å². The van der Waals surface area contributed by atoms with Gasteiger partial charge in [0, 0.05) is 18.8 Å². The number of aliphatic hydroxyl groups is 1. The summed E-state index contributed by atoms with van der Waals surface area (Å²) in [5, 5.41) is 9.67. The molecule has 1 heterocycles. The van der Waals surface area contributed by atoms with Crippen molar-refractivity contribution in [2.75, 3.05) is 24.5 Å². The molecule has 1 aromatic carbocycles. The average molecular weight is 291 g/mol. The molecule has 0 aromatic heterocycles. The van der Waals surface area contributed by atoms with Crippen LogP contribution in [0.15, 0.2) is 30.3 Å². The molecular weight excluding hydrogens is 270 g/mol. The standard InChI is InChI=1S/C15H21N3O3/c1-2-18(11-6-4-3-5-7-11)14(20)10-17-9-12(19)8-13(17)15(16)21/h3-7,12-13,19H,2,8-10H2,1H3,(H2,16,21)/t12-,13+/m1/s1. The fraction of sp³-hybridized carbons (Fsp3) is 0.467. The van der Waals surface area contributed by atoms with Crippen LogP contribution in [0.4, 0.5) is 5.69 Å². The van der Waals surface area contributed by atoms with Crippen molar-refractivity contribution in [1.82, 2.24) is 4.90 Å². The van der Waals surface area contributed by atoms with Crippen LogP contribution in [0.2, 0.25) is 0 Å². The van der Waals surface area contributed by atoms with Gasteiger partial charge in [0.2, 0.25) is 11.8 Å². The van der Waals surface area contributed by atoms with E-state index in [0.717, 1.165) is 5.69 Å². The number of amides is 2. The van der Waals surface area contributed by atoms with Crippen molar-refractivity contribution in [3.05, 3.63) is 30.3 Å². The molecule has 0 aliphatic carbocycles. The Labute approximate surface area is 124 Å². The second-order valence-electron chi connectivity index (χ2n) is 5.21. The smallest absolute Gasteiger partial charge is 0.241 e. The number of para-hydroxylation sites is 1. The zero-order valence-electron chi connectivity index (χ0n) is 12.1. The number of likely N-dealkylation sites (tertiary alicyclic amines) is 1. The van der Waals surface area contributed by atoms with Gasteiger partial charge in [-0.2, -0.15) is 0 Å². The largest absolute Gasteiger partial charge is 0.392 e. The van der Waals surface area contributed by atoms with Crippen molar-refractivity contribution in [3.8, 4) is 0 Å². The van der Waals surface area contributed by atoms with Crippen LogP contribution in [0, 0.1) is 0 Å². The van der Waals surface area contributed by atoms with Crippen molar-refractivity contribution in [1.29, 1.82) is 0 Å². The first kappa shape index (κ1) is 15.5. The van der Waals surface area contributed by atoms with Crippen molar-refractivity contribution >= 4 is 17.5 Å². The monoisotopic (exact) mass is 291 g/mol. The molecule has 2 amide bonds. The summed E-state index contributed by atoms with van der Waals surface area (Å²) in [6, 6.07) is 8.80. The first-order chi connectivity index (χ1) is 10.0. The zero-order valence-corrected chi connectivity index (χ0v) is 12.1. The van der Waals surface area contributed by atoms with Gasteiger partial charge < -0.3 is 15.7 Å². The van der Waals surface area contributed by atoms with E-state index in [1.807, 2.05) is 37.3 Å². The maximum absolute atomic E-state index is 12.5. The Balaban J connectivity index is 2.07. The van der Waals surface area contributed by atoms with Gasteiger partial charge in [-0.25, -0.2) is 0 Å². The minimum atomic E-state index is -0.609. The number of nitrogens with zero attached hydrogens (tertiary/aromatic N) is 2. The number of rotatable bonds is 5. The van der Waals surface area contributed by atoms with E-state index in [-0.39, 0.29) is 12.5 Å². The summed E-state index contributed by atoms with van der Waals surface area (Å²) in [5.41, 5.74) is 6.15. The van der Waals surface area contributed by atoms with Gasteiger partial charge in [0.25, 0.3) is 0 Å². The highest BCUT2D eigenvalue weighted by Gasteiger charge is 2.36. The Bertz CT molecular complexity index is 506. The van der Waals surface area contributed by atoms with E-state index in [9.17, 15) is 14.7 Å². The van der Waals surface area contributed by atoms with Crippen molar-refractivity contribution in [2.24, 2.45) is 5.73 Å². The van der Waals surface area contributed by atoms with Crippen LogP contribution < -0.4 is 10.6 Å². The number of primary amides is 1. The maximum Gasteiger partial charge on any atom is 0.241 e. The van der Waals surface area contributed by atoms with Gasteiger partial charge in [0.15, 0.2) is 0 Å². The lowest BCUT2D eigenvalue weighted by Crippen LogP contribution is -2.46. The normalized spacial score (nSPS) is 22.2. The third-order valence-corrected chi connectivity index (χ3v) is 3.73. The highest BCUT2D eigenvalue weighted by molar-refractivity contribution is 5.95. The van der Waals surface area contributed by atoms with Gasteiger partial charge in [-0.3, -0.25) is 14.5 Å². The molecule has 3 N–H and O–H groups in total. The van der Waals surface area contributed by atoms with Crippen molar-refractivity contribution in [2.45, 2.75) is 25.5 Å². The molecule has 0 radical (unpaired) electrons. The van der Waals surface area contributed by atoms with Gasteiger partial charge in [0.1, 0.15) is 0 Å². The van der Waals surface area contributed by atoms with Crippen LogP contribution in [-0.4, -0.2) is 53.6 Å². The van der Waals surface area contributed by atoms with E-state index < -0.39 is 18.1 Å². The van der Waals surface area contributed by atoms with Crippen molar-refractivity contribution < 1.29 is 14.7 Å². The Morgan fingerprint density at radius 1 is 1.38 bits per heavy atom. The molecule has 1 saturated heterocycles. The summed E-state index contributed by atoms with van der Waals surface area (Å²) in [4.78, 5) is 27.2. The quantitative estimate of drug-likeness (QED) is 0.797. The average Bonchev–Trinajstić information content (AvgIpc) is 2.82. The van der Waals surface area contributed by atoms with Crippen LogP contribution in [0.1, 0.15) is 13.3 Å². The molecular formula is C15H21N3O3. The molecule has 0 bridgehead atoms. The van der Waals surface area contributed by atoms with E-state index in [4.69, 9.17) is 5.73 Å². The lowest BCUT2D eigenvalue weighted by molar-refractivity contribution is -0.124. The number of aliphatic hydroxyl groups excluding tert-OH is 1. The lowest BCUT2D eigenvalue weighted by atomic mass is 10.2. The summed E-state index contributed by atoms with van der Waals surface area (Å²) in [6.07, 6.45) is -0.317. The number of β-amino-alcohol motifs (C(OH)–C–C–N with tert-alkyl or cyclic N) is 1. The molecule has 6 heteroatoms. The molecule has 1 aliphatic heterocycles. The fourth-order valence-corrected chi connectivity index (χ4v) is 2.72. The number of carbonyl (C=O) groups is 2. The van der Waals surface area contributed by atoms with Crippen LogP contribution in [-0.2, 0) is 9.59 Å². The molecule has 0 spiro atoms. The highest BCUT2D eigenvalue weighted by Crippen LogP contribution is 2.19. The fourth-order valence-electron chi connectivity index (χ4n) is 2.72. The van der Waals surface area contributed by atoms with Crippen molar-refractivity contribution in [3.63, 3.8) is 0 Å². The minimum absolute atomic E-state index is 0.0768. The van der Waals surface area contributed by atoms with Gasteiger partial charge in [-0.1, -0.05) is 18.2 Å². The predicted molar refractivity (Wildman–Crippen MR) is 79.6 cm³/mol. The molecule has 0 unspecified atom stereocenters. The molecule has 6 nitrogen and oxygen atoms in total. The predicted octanol–water partition coefficient (Wildman–Crippen LogP) is -0.0400. The van der Waals surface area contributed by atoms with E-state index >= 15 is 0 Å². The topological polar surface area (TPSA) is 86.9 Å². The number of hydrogen-bond donors (Lipinski definition) is 2. The summed E-state index contributed by atoms with van der Waals surface area (Å²) in [5.74, 6) is -0.605. The van der Waals surface area contributed by atoms with E-state index in [1.165, 1.54) is 0 Å². The van der Waals surface area contributed by atoms with Crippen LogP contribution in [0.5, 0.6) is 0 Å². The van der Waals surface area contributed by atoms with Gasteiger partial charge in [-0.15, -0.1) is 0 Å². The lowest BCUT2D eigenvalue weighted by Gasteiger charge is -2.26.